The van der Waals surface area contributed by atoms with Crippen LogP contribution in [0, 0.1) is 0 Å². The highest BCUT2D eigenvalue weighted by Gasteiger charge is 2.26. The van der Waals surface area contributed by atoms with E-state index >= 15 is 0 Å². The molecule has 0 spiro atoms. The summed E-state index contributed by atoms with van der Waals surface area (Å²) in [4.78, 5) is 0. The van der Waals surface area contributed by atoms with Crippen LogP contribution in [-0.4, -0.2) is 0 Å². The maximum atomic E-state index is 9.52. The summed E-state index contributed by atoms with van der Waals surface area (Å²) in [5.74, 6) is 0. The smallest absolute Gasteiger partial charge is 0.135 e. The predicted molar refractivity (Wildman–Crippen MR) is 250 cm³/mol. The summed E-state index contributed by atoms with van der Waals surface area (Å²) in [6.45, 7) is 0. The van der Waals surface area contributed by atoms with Crippen LogP contribution >= 0.6 is 0 Å². The highest BCUT2D eigenvalue weighted by molar-refractivity contribution is 6.27. The topological polar surface area (TPSA) is 13.1 Å². The molecule has 272 valence electrons. The highest BCUT2D eigenvalue weighted by atomic mass is 16.3. The Kier molecular flexibility index (Phi) is 5.50. The van der Waals surface area contributed by atoms with Gasteiger partial charge in [0, 0.05) is 10.8 Å². The van der Waals surface area contributed by atoms with Crippen LogP contribution in [0.2, 0.25) is 0 Å². The van der Waals surface area contributed by atoms with Crippen molar-refractivity contribution in [2.45, 2.75) is 0 Å². The lowest BCUT2D eigenvalue weighted by molar-refractivity contribution is 0.669. The Morgan fingerprint density at radius 3 is 1.66 bits per heavy atom. The van der Waals surface area contributed by atoms with E-state index in [1.54, 1.807) is 0 Å². The van der Waals surface area contributed by atoms with Gasteiger partial charge in [-0.3, -0.25) is 0 Å². The molecule has 0 radical (unpaired) electrons. The first-order valence-corrected chi connectivity index (χ1v) is 19.9. The van der Waals surface area contributed by atoms with Crippen LogP contribution in [0.1, 0.15) is 9.60 Å². The van der Waals surface area contributed by atoms with Crippen LogP contribution in [0.15, 0.2) is 211 Å². The van der Waals surface area contributed by atoms with Gasteiger partial charge in [-0.2, -0.15) is 0 Å². The zero-order valence-corrected chi connectivity index (χ0v) is 31.5. The molecule has 0 amide bonds. The minimum atomic E-state index is -0.480. The number of hydrogen-bond donors (Lipinski definition) is 0. The molecule has 11 aromatic carbocycles. The molecule has 0 unspecified atom stereocenters. The standard InChI is InChI=1S/C58H34O/c1-2-16-37-35(14-1)15-11-25-43(37)55-47-20-5-7-22-49(47)58(50-23-8-6-21-48(50)55)57-38(36-30-33-54-52(34-36)42-19-9-10-29-53(42)59-54)24-12-28-46(57)41-31-32-51-40-18-4-3-17-39(40)44-26-13-27-45(41)56(44)51/h1-34H/i1D,2D,11D,14D,15D,16D,25D. The number of rotatable bonds is 4. The third-order valence-corrected chi connectivity index (χ3v) is 12.3. The van der Waals surface area contributed by atoms with E-state index in [9.17, 15) is 2.74 Å². The summed E-state index contributed by atoms with van der Waals surface area (Å²) >= 11 is 0. The van der Waals surface area contributed by atoms with Gasteiger partial charge in [0.25, 0.3) is 0 Å². The molecule has 1 aliphatic carbocycles. The molecule has 1 aromatic heterocycles. The number of benzene rings is 11. The molecule has 12 aromatic rings. The average Bonchev–Trinajstić information content (AvgIpc) is 3.90. The first-order valence-electron chi connectivity index (χ1n) is 23.4. The maximum Gasteiger partial charge on any atom is 0.135 e. The molecule has 0 bridgehead atoms. The average molecular weight is 754 g/mol. The van der Waals surface area contributed by atoms with Gasteiger partial charge in [-0.15, -0.1) is 0 Å². The lowest BCUT2D eigenvalue weighted by Gasteiger charge is -2.23. The Balaban J connectivity index is 1.20. The number of hydrogen-bond acceptors (Lipinski definition) is 1. The van der Waals surface area contributed by atoms with Crippen molar-refractivity contribution in [3.05, 3.63) is 206 Å². The molecule has 1 heterocycles. The molecule has 0 aliphatic heterocycles. The second-order valence-electron chi connectivity index (χ2n) is 15.3. The number of fused-ring (bicyclic) bond motifs is 9. The van der Waals surface area contributed by atoms with Gasteiger partial charge in [0.15, 0.2) is 0 Å². The summed E-state index contributed by atoms with van der Waals surface area (Å²) in [5, 5.41) is 7.61. The molecule has 0 N–H and O–H groups in total. The van der Waals surface area contributed by atoms with E-state index in [4.69, 9.17) is 11.3 Å². The van der Waals surface area contributed by atoms with Crippen LogP contribution in [0.4, 0.5) is 0 Å². The molecule has 0 saturated heterocycles. The Morgan fingerprint density at radius 2 is 0.864 bits per heavy atom. The minimum absolute atomic E-state index is 0.0608. The normalized spacial score (nSPS) is 13.7. The van der Waals surface area contributed by atoms with Crippen LogP contribution in [0.25, 0.3) is 132 Å². The Morgan fingerprint density at radius 1 is 0.305 bits per heavy atom. The fraction of sp³-hybridized carbons (Fsp3) is 0. The molecular formula is C58H34O. The zero-order valence-electron chi connectivity index (χ0n) is 38.5. The van der Waals surface area contributed by atoms with E-state index in [2.05, 4.69) is 103 Å². The van der Waals surface area contributed by atoms with Crippen molar-refractivity contribution in [3.8, 4) is 66.8 Å². The van der Waals surface area contributed by atoms with E-state index < -0.39 is 30.2 Å². The van der Waals surface area contributed by atoms with Gasteiger partial charge in [0.1, 0.15) is 11.2 Å². The minimum Gasteiger partial charge on any atom is -0.456 e. The third-order valence-electron chi connectivity index (χ3n) is 12.3. The van der Waals surface area contributed by atoms with Crippen LogP contribution in [0.3, 0.4) is 0 Å². The van der Waals surface area contributed by atoms with Crippen molar-refractivity contribution in [1.29, 1.82) is 0 Å². The van der Waals surface area contributed by atoms with Gasteiger partial charge >= 0.3 is 0 Å². The molecule has 1 heteroatoms. The molecule has 0 saturated carbocycles. The van der Waals surface area contributed by atoms with Crippen molar-refractivity contribution < 1.29 is 14.0 Å². The predicted octanol–water partition coefficient (Wildman–Crippen LogP) is 16.5. The Labute approximate surface area is 350 Å². The molecule has 1 nitrogen and oxygen atoms in total. The third kappa shape index (κ3) is 4.62. The van der Waals surface area contributed by atoms with Crippen molar-refractivity contribution in [1.82, 2.24) is 0 Å². The van der Waals surface area contributed by atoms with E-state index in [1.165, 1.54) is 27.6 Å². The first kappa shape index (κ1) is 26.2. The van der Waals surface area contributed by atoms with Crippen LogP contribution in [-0.2, 0) is 0 Å². The molecular weight excluding hydrogens is 713 g/mol. The summed E-state index contributed by atoms with van der Waals surface area (Å²) in [7, 11) is 0. The first-order chi connectivity index (χ1) is 32.2. The molecule has 1 aliphatic rings. The van der Waals surface area contributed by atoms with E-state index in [1.807, 2.05) is 60.7 Å². The van der Waals surface area contributed by atoms with Gasteiger partial charge in [0.2, 0.25) is 0 Å². The van der Waals surface area contributed by atoms with Gasteiger partial charge < -0.3 is 4.42 Å². The molecule has 0 fully saturated rings. The quantitative estimate of drug-likeness (QED) is 0.163. The second kappa shape index (κ2) is 12.4. The zero-order chi connectivity index (χ0) is 44.7. The van der Waals surface area contributed by atoms with Gasteiger partial charge in [-0.05, 0) is 128 Å². The van der Waals surface area contributed by atoms with Crippen LogP contribution in [0.5, 0.6) is 0 Å². The lowest BCUT2D eigenvalue weighted by Crippen LogP contribution is -1.96. The Hall–Kier alpha value is -7.74. The number of para-hydroxylation sites is 1. The van der Waals surface area contributed by atoms with Crippen molar-refractivity contribution in [3.63, 3.8) is 0 Å². The maximum absolute atomic E-state index is 9.52. The molecule has 13 rings (SSSR count). The fourth-order valence-electron chi connectivity index (χ4n) is 9.89. The molecule has 59 heavy (non-hydrogen) atoms. The highest BCUT2D eigenvalue weighted by Crippen LogP contribution is 2.54. The molecule has 0 atom stereocenters. The SMILES string of the molecule is [2H]c1c([2H])c([2H])c2c(-c3c4ccccc4c(-c4c(-c5ccc6oc7ccccc7c6c5)cccc4-c4ccc5c6c(cccc46)-c4ccccc4-5)c4ccccc34)c([2H])c([2H])c([2H])c2c1[2H]. The van der Waals surface area contributed by atoms with Gasteiger partial charge in [-0.25, -0.2) is 0 Å². The van der Waals surface area contributed by atoms with E-state index in [-0.39, 0.29) is 28.4 Å². The van der Waals surface area contributed by atoms with Crippen molar-refractivity contribution in [2.75, 3.05) is 0 Å². The Bertz CT molecular complexity index is 4050. The van der Waals surface area contributed by atoms with Crippen molar-refractivity contribution in [2.24, 2.45) is 0 Å². The second-order valence-corrected chi connectivity index (χ2v) is 15.3. The monoisotopic (exact) mass is 753 g/mol. The summed E-state index contributed by atoms with van der Waals surface area (Å²) in [6, 6.07) is 54.0. The lowest BCUT2D eigenvalue weighted by atomic mass is 9.79. The number of furan rings is 1. The van der Waals surface area contributed by atoms with E-state index in [0.29, 0.717) is 5.56 Å². The summed E-state index contributed by atoms with van der Waals surface area (Å²) in [5.41, 5.74) is 13.3. The summed E-state index contributed by atoms with van der Waals surface area (Å²) in [6.07, 6.45) is 0. The summed E-state index contributed by atoms with van der Waals surface area (Å²) < 4.78 is 69.2. The van der Waals surface area contributed by atoms with Gasteiger partial charge in [0.05, 0.1) is 9.60 Å². The van der Waals surface area contributed by atoms with Crippen molar-refractivity contribution >= 4 is 65.0 Å². The largest absolute Gasteiger partial charge is 0.456 e. The fourth-order valence-corrected chi connectivity index (χ4v) is 9.89. The van der Waals surface area contributed by atoms with Gasteiger partial charge in [-0.1, -0.05) is 188 Å². The van der Waals surface area contributed by atoms with Crippen LogP contribution < -0.4 is 0 Å². The van der Waals surface area contributed by atoms with E-state index in [0.717, 1.165) is 82.3 Å².